The van der Waals surface area contributed by atoms with Crippen LogP contribution in [0.1, 0.15) is 21.9 Å². The van der Waals surface area contributed by atoms with Gasteiger partial charge in [0.2, 0.25) is 0 Å². The van der Waals surface area contributed by atoms with Crippen molar-refractivity contribution in [2.24, 2.45) is 12.2 Å². The molecule has 0 unspecified atom stereocenters. The summed E-state index contributed by atoms with van der Waals surface area (Å²) in [4.78, 5) is 11.4. The highest BCUT2D eigenvalue weighted by Gasteiger charge is 2.25. The Kier molecular flexibility index (Phi) is 3.18. The van der Waals surface area contributed by atoms with E-state index in [9.17, 15) is 18.3 Å². The van der Waals surface area contributed by atoms with E-state index in [1.807, 2.05) is 0 Å². The number of nitrogens with two attached hydrogens (primary N) is 1. The molecule has 0 amide bonds. The largest absolute Gasteiger partial charge is 0.477 e. The molecule has 3 N–H and O–H groups in total. The first-order chi connectivity index (χ1) is 9.14. The number of nitrogens with zero attached hydrogens (tertiary/aromatic N) is 3. The molecule has 2 aromatic heterocycles. The quantitative estimate of drug-likeness (QED) is 0.841. The van der Waals surface area contributed by atoms with Crippen molar-refractivity contribution in [3.8, 4) is 11.1 Å². The minimum Gasteiger partial charge on any atom is -0.477 e. The van der Waals surface area contributed by atoms with Gasteiger partial charge in [0.15, 0.2) is 5.69 Å². The summed E-state index contributed by atoms with van der Waals surface area (Å²) in [5.41, 5.74) is 1.81. The molecule has 2 aromatic rings. The average molecular weight is 298 g/mol. The molecular formula is C11H14N4O4S. The zero-order chi connectivity index (χ0) is 15.2. The van der Waals surface area contributed by atoms with Crippen LogP contribution in [0, 0.1) is 13.8 Å². The number of aromatic nitrogens is 3. The Bertz CT molecular complexity index is 801. The van der Waals surface area contributed by atoms with E-state index in [0.717, 1.165) is 11.9 Å². The number of hydrogen-bond donors (Lipinski definition) is 2. The fraction of sp³-hybridized carbons (Fsp3) is 0.273. The number of aryl methyl sites for hydroxylation is 2. The number of hydrogen-bond acceptors (Lipinski definition) is 4. The lowest BCUT2D eigenvalue weighted by Crippen LogP contribution is -2.24. The third-order valence-electron chi connectivity index (χ3n) is 3.11. The van der Waals surface area contributed by atoms with Crippen LogP contribution in [-0.4, -0.2) is 33.2 Å². The second-order valence-electron chi connectivity index (χ2n) is 4.39. The Hall–Kier alpha value is -2.13. The smallest absolute Gasteiger partial charge is 0.354 e. The Labute approximate surface area is 115 Å². The first kappa shape index (κ1) is 14.3. The number of carboxylic acid groups (broad SMARTS) is 1. The van der Waals surface area contributed by atoms with E-state index in [2.05, 4.69) is 5.10 Å². The first-order valence-electron chi connectivity index (χ1n) is 5.63. The fourth-order valence-corrected chi connectivity index (χ4v) is 2.86. The van der Waals surface area contributed by atoms with Gasteiger partial charge in [-0.25, -0.2) is 13.9 Å². The molecule has 2 heterocycles. The summed E-state index contributed by atoms with van der Waals surface area (Å²) in [7, 11) is -2.45. The van der Waals surface area contributed by atoms with Crippen molar-refractivity contribution in [3.05, 3.63) is 29.3 Å². The van der Waals surface area contributed by atoms with Gasteiger partial charge in [-0.2, -0.15) is 13.5 Å². The third kappa shape index (κ3) is 2.10. The summed E-state index contributed by atoms with van der Waals surface area (Å²) in [5, 5.41) is 18.5. The van der Waals surface area contributed by atoms with E-state index < -0.39 is 21.9 Å². The zero-order valence-corrected chi connectivity index (χ0v) is 12.0. The molecule has 0 saturated heterocycles. The van der Waals surface area contributed by atoms with Crippen LogP contribution in [0.5, 0.6) is 0 Å². The average Bonchev–Trinajstić information content (AvgIpc) is 2.81. The van der Waals surface area contributed by atoms with Gasteiger partial charge in [-0.05, 0) is 19.9 Å². The molecule has 2 rings (SSSR count). The molecule has 0 bridgehead atoms. The Morgan fingerprint density at radius 2 is 2.00 bits per heavy atom. The maximum absolute atomic E-state index is 11.4. The maximum Gasteiger partial charge on any atom is 0.354 e. The fourth-order valence-electron chi connectivity index (χ4n) is 2.20. The second-order valence-corrected chi connectivity index (χ2v) is 5.82. The molecular weight excluding hydrogens is 284 g/mol. The van der Waals surface area contributed by atoms with Crippen LogP contribution < -0.4 is 5.14 Å². The molecule has 0 atom stereocenters. The lowest BCUT2D eigenvalue weighted by atomic mass is 10.0. The molecule has 0 saturated carbocycles. The summed E-state index contributed by atoms with van der Waals surface area (Å²) >= 11 is 0. The van der Waals surface area contributed by atoms with E-state index in [1.165, 1.54) is 6.07 Å². The molecule has 0 spiro atoms. The molecule has 108 valence electrons. The normalized spacial score (nSPS) is 11.8. The van der Waals surface area contributed by atoms with Gasteiger partial charge in [0.25, 0.3) is 0 Å². The van der Waals surface area contributed by atoms with Crippen LogP contribution in [0.4, 0.5) is 0 Å². The molecule has 0 fully saturated rings. The van der Waals surface area contributed by atoms with Gasteiger partial charge in [-0.3, -0.25) is 4.68 Å². The first-order valence-corrected chi connectivity index (χ1v) is 7.13. The van der Waals surface area contributed by atoms with Gasteiger partial charge in [-0.15, -0.1) is 0 Å². The number of rotatable bonds is 3. The Balaban J connectivity index is 2.83. The van der Waals surface area contributed by atoms with Gasteiger partial charge in [-0.1, -0.05) is 0 Å². The maximum atomic E-state index is 11.4. The minimum atomic E-state index is -4.18. The van der Waals surface area contributed by atoms with Gasteiger partial charge in [0.1, 0.15) is 0 Å². The number of carboxylic acids is 1. The molecule has 20 heavy (non-hydrogen) atoms. The predicted molar refractivity (Wildman–Crippen MR) is 71.6 cm³/mol. The Morgan fingerprint density at radius 3 is 2.40 bits per heavy atom. The second kappa shape index (κ2) is 4.46. The topological polar surface area (TPSA) is 120 Å². The predicted octanol–water partition coefficient (Wildman–Crippen LogP) is 0.255. The molecule has 0 radical (unpaired) electrons. The van der Waals surface area contributed by atoms with Crippen LogP contribution in [0.3, 0.4) is 0 Å². The zero-order valence-electron chi connectivity index (χ0n) is 11.2. The SMILES string of the molecule is Cc1nn(C)c(C)c1-c1ccn(S(N)(=O)=O)c1C(=O)O. The molecule has 0 aliphatic heterocycles. The lowest BCUT2D eigenvalue weighted by molar-refractivity contribution is 0.0690. The van der Waals surface area contributed by atoms with Crippen LogP contribution in [0.25, 0.3) is 11.1 Å². The van der Waals surface area contributed by atoms with E-state index in [4.69, 9.17) is 5.14 Å². The van der Waals surface area contributed by atoms with E-state index in [1.54, 1.807) is 25.6 Å². The van der Waals surface area contributed by atoms with Crippen molar-refractivity contribution >= 4 is 16.2 Å². The van der Waals surface area contributed by atoms with Crippen LogP contribution >= 0.6 is 0 Å². The summed E-state index contributed by atoms with van der Waals surface area (Å²) in [6.07, 6.45) is 1.12. The molecule has 9 heteroatoms. The van der Waals surface area contributed by atoms with Crippen LogP contribution in [0.15, 0.2) is 12.3 Å². The van der Waals surface area contributed by atoms with E-state index in [-0.39, 0.29) is 5.56 Å². The summed E-state index contributed by atoms with van der Waals surface area (Å²) in [6, 6.07) is 1.41. The van der Waals surface area contributed by atoms with Crippen LogP contribution in [0.2, 0.25) is 0 Å². The van der Waals surface area contributed by atoms with E-state index in [0.29, 0.717) is 15.2 Å². The highest BCUT2D eigenvalue weighted by atomic mass is 32.2. The minimum absolute atomic E-state index is 0.273. The van der Waals surface area contributed by atoms with E-state index >= 15 is 0 Å². The van der Waals surface area contributed by atoms with Gasteiger partial charge >= 0.3 is 16.2 Å². The van der Waals surface area contributed by atoms with Crippen molar-refractivity contribution < 1.29 is 18.3 Å². The summed E-state index contributed by atoms with van der Waals surface area (Å²) in [5.74, 6) is -1.37. The molecule has 0 aliphatic carbocycles. The molecule has 0 aliphatic rings. The molecule has 0 aromatic carbocycles. The van der Waals surface area contributed by atoms with Gasteiger partial charge in [0.05, 0.1) is 5.69 Å². The monoisotopic (exact) mass is 298 g/mol. The van der Waals surface area contributed by atoms with Crippen molar-refractivity contribution in [2.75, 3.05) is 0 Å². The molecule has 8 nitrogen and oxygen atoms in total. The van der Waals surface area contributed by atoms with Crippen LogP contribution in [-0.2, 0) is 17.3 Å². The summed E-state index contributed by atoms with van der Waals surface area (Å²) in [6.45, 7) is 3.50. The highest BCUT2D eigenvalue weighted by Crippen LogP contribution is 2.31. The van der Waals surface area contributed by atoms with Crippen molar-refractivity contribution in [2.45, 2.75) is 13.8 Å². The van der Waals surface area contributed by atoms with Crippen molar-refractivity contribution in [3.63, 3.8) is 0 Å². The van der Waals surface area contributed by atoms with Crippen molar-refractivity contribution in [1.82, 2.24) is 13.8 Å². The Morgan fingerprint density at radius 1 is 1.40 bits per heavy atom. The summed E-state index contributed by atoms with van der Waals surface area (Å²) < 4.78 is 25.0. The third-order valence-corrected chi connectivity index (χ3v) is 3.96. The lowest BCUT2D eigenvalue weighted by Gasteiger charge is -2.06. The van der Waals surface area contributed by atoms with Gasteiger partial charge in [0, 0.05) is 30.1 Å². The number of carbonyl (C=O) groups is 1. The standard InChI is InChI=1S/C11H14N4O4S/c1-6-9(7(2)14(3)13-6)8-4-5-15(20(12,18)19)10(8)11(16)17/h4-5H,1-3H3,(H,16,17)(H2,12,18,19). The number of aromatic carboxylic acids is 1. The highest BCUT2D eigenvalue weighted by molar-refractivity contribution is 7.87. The van der Waals surface area contributed by atoms with Crippen molar-refractivity contribution in [1.29, 1.82) is 0 Å². The van der Waals surface area contributed by atoms with Gasteiger partial charge < -0.3 is 5.11 Å².